The van der Waals surface area contributed by atoms with Gasteiger partial charge in [0, 0.05) is 17.7 Å². The van der Waals surface area contributed by atoms with Crippen LogP contribution in [0.2, 0.25) is 0 Å². The first-order valence-corrected chi connectivity index (χ1v) is 11.1. The monoisotopic (exact) mass is 446 g/mol. The predicted molar refractivity (Wildman–Crippen MR) is 125 cm³/mol. The molecule has 2 heterocycles. The smallest absolute Gasteiger partial charge is 0.256 e. The molecule has 0 unspecified atom stereocenters. The lowest BCUT2D eigenvalue weighted by molar-refractivity contribution is -0.118. The van der Waals surface area contributed by atoms with Crippen molar-refractivity contribution in [3.8, 4) is 0 Å². The third kappa shape index (κ3) is 4.97. The molecule has 0 aliphatic heterocycles. The minimum atomic E-state index is -0.277. The van der Waals surface area contributed by atoms with Crippen LogP contribution in [0.4, 0.5) is 5.82 Å². The first-order valence-electron chi connectivity index (χ1n) is 10.1. The molecule has 2 N–H and O–H groups in total. The molecule has 0 saturated carbocycles. The molecule has 0 bridgehead atoms. The van der Waals surface area contributed by atoms with Crippen LogP contribution in [0.1, 0.15) is 27.2 Å². The summed E-state index contributed by atoms with van der Waals surface area (Å²) in [7, 11) is 0. The van der Waals surface area contributed by atoms with Crippen molar-refractivity contribution in [2.24, 2.45) is 0 Å². The van der Waals surface area contributed by atoms with Gasteiger partial charge in [-0.2, -0.15) is 4.98 Å². The molecule has 0 saturated heterocycles. The Balaban J connectivity index is 1.50. The molecule has 32 heavy (non-hydrogen) atoms. The fourth-order valence-corrected chi connectivity index (χ4v) is 3.80. The number of aryl methyl sites for hydroxylation is 2. The number of hydrogen-bond donors (Lipinski definition) is 2. The Morgan fingerprint density at radius 2 is 1.66 bits per heavy atom. The topological polar surface area (TPSA) is 97.1 Å². The molecule has 7 nitrogen and oxygen atoms in total. The number of carbonyl (C=O) groups excluding carboxylic acids is 2. The molecule has 162 valence electrons. The van der Waals surface area contributed by atoms with E-state index in [0.717, 1.165) is 11.1 Å². The third-order valence-electron chi connectivity index (χ3n) is 4.94. The first kappa shape index (κ1) is 21.6. The van der Waals surface area contributed by atoms with Crippen molar-refractivity contribution in [3.63, 3.8) is 0 Å². The molecule has 2 amide bonds. The van der Waals surface area contributed by atoms with Crippen molar-refractivity contribution in [1.29, 1.82) is 0 Å². The van der Waals surface area contributed by atoms with Crippen molar-refractivity contribution < 1.29 is 14.0 Å². The van der Waals surface area contributed by atoms with E-state index in [1.165, 1.54) is 11.8 Å². The van der Waals surface area contributed by atoms with E-state index in [2.05, 4.69) is 20.6 Å². The fourth-order valence-electron chi connectivity index (χ4n) is 3.13. The van der Waals surface area contributed by atoms with Gasteiger partial charge in [-0.1, -0.05) is 60.3 Å². The number of furan rings is 1. The van der Waals surface area contributed by atoms with Gasteiger partial charge in [-0.15, -0.1) is 0 Å². The van der Waals surface area contributed by atoms with Crippen LogP contribution in [-0.2, 0) is 11.3 Å². The maximum Gasteiger partial charge on any atom is 0.256 e. The quantitative estimate of drug-likeness (QED) is 0.320. The molecule has 0 radical (unpaired) electrons. The van der Waals surface area contributed by atoms with Crippen LogP contribution in [0.3, 0.4) is 0 Å². The van der Waals surface area contributed by atoms with E-state index in [-0.39, 0.29) is 17.6 Å². The maximum absolute atomic E-state index is 12.7. The van der Waals surface area contributed by atoms with E-state index in [1.54, 1.807) is 24.3 Å². The van der Waals surface area contributed by atoms with Crippen molar-refractivity contribution in [2.75, 3.05) is 11.1 Å². The molecule has 0 aliphatic rings. The number of carbonyl (C=O) groups is 2. The summed E-state index contributed by atoms with van der Waals surface area (Å²) in [6.45, 7) is 4.19. The molecule has 0 atom stereocenters. The Kier molecular flexibility index (Phi) is 6.51. The van der Waals surface area contributed by atoms with Gasteiger partial charge in [0.25, 0.3) is 5.91 Å². The van der Waals surface area contributed by atoms with Crippen molar-refractivity contribution >= 4 is 40.5 Å². The zero-order valence-electron chi connectivity index (χ0n) is 17.7. The van der Waals surface area contributed by atoms with E-state index >= 15 is 0 Å². The van der Waals surface area contributed by atoms with Gasteiger partial charge in [0.1, 0.15) is 11.6 Å². The summed E-state index contributed by atoms with van der Waals surface area (Å²) in [6, 6.07) is 18.6. The van der Waals surface area contributed by atoms with Crippen molar-refractivity contribution in [1.82, 2.24) is 15.3 Å². The van der Waals surface area contributed by atoms with E-state index in [9.17, 15) is 9.59 Å². The second kappa shape index (κ2) is 9.65. The number of rotatable bonds is 7. The number of amides is 2. The molecule has 0 spiro atoms. The summed E-state index contributed by atoms with van der Waals surface area (Å²) in [5, 5.41) is 6.75. The number of benzene rings is 2. The number of aromatic nitrogens is 2. The summed E-state index contributed by atoms with van der Waals surface area (Å²) in [5.74, 6) is 0.797. The number of nitrogens with one attached hydrogen (secondary N) is 2. The molecular weight excluding hydrogens is 424 g/mol. The molecule has 4 aromatic rings. The normalized spacial score (nSPS) is 10.8. The highest BCUT2D eigenvalue weighted by Crippen LogP contribution is 2.31. The summed E-state index contributed by atoms with van der Waals surface area (Å²) in [6.07, 6.45) is 0. The van der Waals surface area contributed by atoms with Crippen LogP contribution < -0.4 is 10.6 Å². The zero-order chi connectivity index (χ0) is 22.5. The van der Waals surface area contributed by atoms with Gasteiger partial charge in [-0.3, -0.25) is 9.59 Å². The molecule has 0 aliphatic carbocycles. The number of anilines is 1. The lowest BCUT2D eigenvalue weighted by Crippen LogP contribution is -2.24. The Bertz CT molecular complexity index is 1260. The average molecular weight is 447 g/mol. The largest absolute Gasteiger partial charge is 0.443 e. The number of hydrogen-bond acceptors (Lipinski definition) is 6. The van der Waals surface area contributed by atoms with E-state index in [0.29, 0.717) is 39.9 Å². The van der Waals surface area contributed by atoms with Gasteiger partial charge in [0.2, 0.25) is 11.6 Å². The molecular formula is C24H22N4O3S. The summed E-state index contributed by atoms with van der Waals surface area (Å²) >= 11 is 1.19. The van der Waals surface area contributed by atoms with Crippen LogP contribution >= 0.6 is 11.8 Å². The van der Waals surface area contributed by atoms with E-state index < -0.39 is 0 Å². The number of thioether (sulfide) groups is 1. The van der Waals surface area contributed by atoms with Gasteiger partial charge in [-0.25, -0.2) is 4.98 Å². The van der Waals surface area contributed by atoms with Crippen molar-refractivity contribution in [3.05, 3.63) is 83.1 Å². The molecule has 4 rings (SSSR count). The Hall–Kier alpha value is -3.65. The second-order valence-corrected chi connectivity index (χ2v) is 8.13. The molecule has 8 heteroatoms. The van der Waals surface area contributed by atoms with Crippen LogP contribution in [0.15, 0.2) is 70.2 Å². The van der Waals surface area contributed by atoms with Gasteiger partial charge < -0.3 is 15.1 Å². The minimum absolute atomic E-state index is 0.135. The Morgan fingerprint density at radius 3 is 2.38 bits per heavy atom. The fraction of sp³-hybridized carbons (Fsp3) is 0.167. The average Bonchev–Trinajstić information content (AvgIpc) is 3.11. The van der Waals surface area contributed by atoms with Gasteiger partial charge in [-0.05, 0) is 31.5 Å². The summed E-state index contributed by atoms with van der Waals surface area (Å²) in [5.41, 5.74) is 2.79. The van der Waals surface area contributed by atoms with Gasteiger partial charge in [0.05, 0.1) is 11.1 Å². The molecule has 2 aromatic carbocycles. The summed E-state index contributed by atoms with van der Waals surface area (Å²) < 4.78 is 5.76. The predicted octanol–water partition coefficient (Wildman–Crippen LogP) is 4.50. The second-order valence-electron chi connectivity index (χ2n) is 7.19. The van der Waals surface area contributed by atoms with Gasteiger partial charge in [0.15, 0.2) is 5.16 Å². The lowest BCUT2D eigenvalue weighted by atomic mass is 10.2. The molecule has 2 aromatic heterocycles. The van der Waals surface area contributed by atoms with Crippen molar-refractivity contribution in [2.45, 2.75) is 25.5 Å². The highest BCUT2D eigenvalue weighted by Gasteiger charge is 2.19. The standard InChI is InChI=1S/C24H22N4O3S/c1-15-16(2)31-23-20(15)21(26-22(30)18-11-7-4-8-12-18)27-24(28-23)32-14-19(29)25-13-17-9-5-3-6-10-17/h3-12H,13-14H2,1-2H3,(H,25,29)(H,26,27,28,30). The minimum Gasteiger partial charge on any atom is -0.443 e. The Labute approximate surface area is 189 Å². The molecule has 0 fully saturated rings. The first-order chi connectivity index (χ1) is 15.5. The van der Waals surface area contributed by atoms with E-state index in [1.807, 2.05) is 50.2 Å². The highest BCUT2D eigenvalue weighted by atomic mass is 32.2. The van der Waals surface area contributed by atoms with Crippen LogP contribution in [0, 0.1) is 13.8 Å². The number of nitrogens with zero attached hydrogens (tertiary/aromatic N) is 2. The van der Waals surface area contributed by atoms with Gasteiger partial charge >= 0.3 is 0 Å². The van der Waals surface area contributed by atoms with E-state index in [4.69, 9.17) is 4.42 Å². The van der Waals surface area contributed by atoms with Crippen LogP contribution in [-0.4, -0.2) is 27.5 Å². The third-order valence-corrected chi connectivity index (χ3v) is 5.79. The maximum atomic E-state index is 12.7. The summed E-state index contributed by atoms with van der Waals surface area (Å²) in [4.78, 5) is 33.9. The van der Waals surface area contributed by atoms with Crippen LogP contribution in [0.5, 0.6) is 0 Å². The zero-order valence-corrected chi connectivity index (χ0v) is 18.5. The Morgan fingerprint density at radius 1 is 0.969 bits per heavy atom. The SMILES string of the molecule is Cc1oc2nc(SCC(=O)NCc3ccccc3)nc(NC(=O)c3ccccc3)c2c1C. The van der Waals surface area contributed by atoms with Crippen LogP contribution in [0.25, 0.3) is 11.1 Å². The highest BCUT2D eigenvalue weighted by molar-refractivity contribution is 7.99. The lowest BCUT2D eigenvalue weighted by Gasteiger charge is -2.08. The number of fused-ring (bicyclic) bond motifs is 1.